The van der Waals surface area contributed by atoms with Gasteiger partial charge < -0.3 is 14.6 Å². The highest BCUT2D eigenvalue weighted by Gasteiger charge is 2.59. The van der Waals surface area contributed by atoms with Crippen LogP contribution >= 0.6 is 0 Å². The van der Waals surface area contributed by atoms with Crippen LogP contribution in [0.3, 0.4) is 0 Å². The molecule has 2 atom stereocenters. The Labute approximate surface area is 218 Å². The maximum atomic E-state index is 14.3. The van der Waals surface area contributed by atoms with Crippen molar-refractivity contribution in [2.24, 2.45) is 5.41 Å². The summed E-state index contributed by atoms with van der Waals surface area (Å²) in [6, 6.07) is 15.4. The van der Waals surface area contributed by atoms with Gasteiger partial charge in [-0.05, 0) is 79.0 Å². The number of benzene rings is 3. The van der Waals surface area contributed by atoms with Crippen LogP contribution in [-0.4, -0.2) is 18.0 Å². The third kappa shape index (κ3) is 3.17. The molecule has 1 spiro atoms. The predicted octanol–water partition coefficient (Wildman–Crippen LogP) is 7.37. The fourth-order valence-corrected chi connectivity index (χ4v) is 7.59. The number of hydrogen-bond donors (Lipinski definition) is 1. The van der Waals surface area contributed by atoms with Gasteiger partial charge in [0, 0.05) is 16.9 Å². The van der Waals surface area contributed by atoms with Gasteiger partial charge in [-0.25, -0.2) is 0 Å². The van der Waals surface area contributed by atoms with Gasteiger partial charge in [0.05, 0.1) is 18.2 Å². The molecule has 0 saturated carbocycles. The Morgan fingerprint density at radius 1 is 1.00 bits per heavy atom. The topological polar surface area (TPSA) is 55.8 Å². The van der Waals surface area contributed by atoms with Crippen LogP contribution in [0.2, 0.25) is 0 Å². The Bertz CT molecular complexity index is 1460. The molecule has 0 saturated heterocycles. The van der Waals surface area contributed by atoms with Gasteiger partial charge >= 0.3 is 0 Å². The van der Waals surface area contributed by atoms with Crippen molar-refractivity contribution in [3.8, 4) is 17.2 Å². The smallest absolute Gasteiger partial charge is 0.201 e. The summed E-state index contributed by atoms with van der Waals surface area (Å²) >= 11 is 0. The van der Waals surface area contributed by atoms with Crippen molar-refractivity contribution >= 4 is 5.78 Å². The second kappa shape index (κ2) is 8.24. The van der Waals surface area contributed by atoms with E-state index >= 15 is 0 Å². The largest absolute Gasteiger partial charge is 0.507 e. The zero-order chi connectivity index (χ0) is 26.1. The lowest BCUT2D eigenvalue weighted by atomic mass is 9.54. The van der Waals surface area contributed by atoms with Gasteiger partial charge in [0.25, 0.3) is 0 Å². The average molecular weight is 495 g/mol. The van der Waals surface area contributed by atoms with E-state index in [0.717, 1.165) is 41.5 Å². The first-order chi connectivity index (χ1) is 17.7. The van der Waals surface area contributed by atoms with Crippen LogP contribution in [0.1, 0.15) is 89.7 Å². The van der Waals surface area contributed by atoms with Crippen molar-refractivity contribution in [1.82, 2.24) is 0 Å². The van der Waals surface area contributed by atoms with Crippen LogP contribution in [0.5, 0.6) is 17.2 Å². The summed E-state index contributed by atoms with van der Waals surface area (Å²) in [5.74, 6) is 0.992. The normalized spacial score (nSPS) is 22.9. The molecule has 1 unspecified atom stereocenters. The van der Waals surface area contributed by atoms with Crippen LogP contribution in [0.15, 0.2) is 60.2 Å². The Morgan fingerprint density at radius 2 is 1.76 bits per heavy atom. The molecule has 0 aliphatic heterocycles. The molecular weight excluding hydrogens is 460 g/mol. The molecular formula is C33H34O4. The molecule has 0 fully saturated rings. The molecule has 0 amide bonds. The molecule has 190 valence electrons. The number of carbonyl (C=O) groups is 1. The Kier molecular flexibility index (Phi) is 5.31. The first-order valence-electron chi connectivity index (χ1n) is 13.2. The molecule has 0 aromatic heterocycles. The Balaban J connectivity index is 1.65. The number of ether oxygens (including phenoxy) is 2. The van der Waals surface area contributed by atoms with E-state index in [1.165, 1.54) is 11.1 Å². The minimum Gasteiger partial charge on any atom is -0.507 e. The highest BCUT2D eigenvalue weighted by molar-refractivity contribution is 6.17. The summed E-state index contributed by atoms with van der Waals surface area (Å²) in [7, 11) is 1.64. The summed E-state index contributed by atoms with van der Waals surface area (Å²) in [4.78, 5) is 14.3. The maximum absolute atomic E-state index is 14.3. The standard InChI is InChI=1S/C33H34O4/c1-19-16-25(37-18-21-11-7-6-8-12-21)29-27-22(26-24(36-5)14-13-23(34)28(26)31(29)35)17-33(30(19)27)20(2)10-9-15-32(33,3)4/h6-8,10-14,16,22,34H,9,15,17-18H2,1-5H3/t22-,33?/m0/s1. The second-order valence-electron chi connectivity index (χ2n) is 11.5. The quantitative estimate of drug-likeness (QED) is 0.385. The van der Waals surface area contributed by atoms with Crippen molar-refractivity contribution in [2.75, 3.05) is 7.11 Å². The number of carbonyl (C=O) groups excluding carboxylic acids is 1. The molecule has 4 nitrogen and oxygen atoms in total. The fraction of sp³-hybridized carbons (Fsp3) is 0.364. The number of ketones is 1. The van der Waals surface area contributed by atoms with Gasteiger partial charge in [0.2, 0.25) is 5.78 Å². The van der Waals surface area contributed by atoms with Gasteiger partial charge in [0.1, 0.15) is 23.9 Å². The summed E-state index contributed by atoms with van der Waals surface area (Å²) in [6.45, 7) is 9.53. The predicted molar refractivity (Wildman–Crippen MR) is 145 cm³/mol. The van der Waals surface area contributed by atoms with Crippen LogP contribution in [-0.2, 0) is 12.0 Å². The number of fused-ring (bicyclic) bond motifs is 3. The van der Waals surface area contributed by atoms with E-state index in [0.29, 0.717) is 29.2 Å². The third-order valence-electron chi connectivity index (χ3n) is 9.30. The van der Waals surface area contributed by atoms with E-state index in [9.17, 15) is 9.90 Å². The molecule has 0 heterocycles. The number of phenolic OH excluding ortho intramolecular Hbond substituents is 1. The van der Waals surface area contributed by atoms with Crippen molar-refractivity contribution in [1.29, 1.82) is 0 Å². The first-order valence-corrected chi connectivity index (χ1v) is 13.2. The second-order valence-corrected chi connectivity index (χ2v) is 11.5. The molecule has 1 N–H and O–H groups in total. The lowest BCUT2D eigenvalue weighted by Gasteiger charge is -2.50. The minimum absolute atomic E-state index is 0.00120. The van der Waals surface area contributed by atoms with Crippen molar-refractivity contribution in [2.45, 2.75) is 64.9 Å². The highest BCUT2D eigenvalue weighted by Crippen LogP contribution is 2.67. The van der Waals surface area contributed by atoms with Gasteiger partial charge in [-0.2, -0.15) is 0 Å². The van der Waals surface area contributed by atoms with E-state index in [2.05, 4.69) is 39.8 Å². The summed E-state index contributed by atoms with van der Waals surface area (Å²) in [5, 5.41) is 11.0. The van der Waals surface area contributed by atoms with Crippen LogP contribution in [0.25, 0.3) is 0 Å². The van der Waals surface area contributed by atoms with Crippen molar-refractivity contribution < 1.29 is 19.4 Å². The van der Waals surface area contributed by atoms with Gasteiger partial charge in [-0.1, -0.05) is 55.8 Å². The zero-order valence-corrected chi connectivity index (χ0v) is 22.3. The Morgan fingerprint density at radius 3 is 2.46 bits per heavy atom. The number of hydrogen-bond acceptors (Lipinski definition) is 4. The monoisotopic (exact) mass is 494 g/mol. The molecule has 3 aliphatic carbocycles. The number of phenols is 1. The third-order valence-corrected chi connectivity index (χ3v) is 9.30. The molecule has 3 aromatic rings. The maximum Gasteiger partial charge on any atom is 0.201 e. The van der Waals surface area contributed by atoms with Gasteiger partial charge in [0.15, 0.2) is 0 Å². The molecule has 3 aromatic carbocycles. The number of rotatable bonds is 4. The van der Waals surface area contributed by atoms with Crippen LogP contribution in [0, 0.1) is 12.3 Å². The van der Waals surface area contributed by atoms with Crippen molar-refractivity contribution in [3.63, 3.8) is 0 Å². The molecule has 37 heavy (non-hydrogen) atoms. The number of aryl methyl sites for hydroxylation is 1. The molecule has 4 heteroatoms. The molecule has 6 rings (SSSR count). The van der Waals surface area contributed by atoms with Gasteiger partial charge in [-0.3, -0.25) is 4.79 Å². The van der Waals surface area contributed by atoms with E-state index in [1.807, 2.05) is 30.3 Å². The SMILES string of the molecule is COc1ccc(O)c2c1[C@@H]1CC3(C(C)=CCCC3(C)C)c3c(C)cc(OCc4ccccc4)c(c31)C2=O. The van der Waals surface area contributed by atoms with Crippen LogP contribution in [0.4, 0.5) is 0 Å². The van der Waals surface area contributed by atoms with Crippen molar-refractivity contribution in [3.05, 3.63) is 99.1 Å². The summed E-state index contributed by atoms with van der Waals surface area (Å²) in [6.07, 6.45) is 5.37. The summed E-state index contributed by atoms with van der Waals surface area (Å²) < 4.78 is 12.2. The van der Waals surface area contributed by atoms with E-state index in [-0.39, 0.29) is 28.3 Å². The number of allylic oxidation sites excluding steroid dienone is 2. The van der Waals surface area contributed by atoms with Crippen LogP contribution < -0.4 is 9.47 Å². The molecule has 0 radical (unpaired) electrons. The lowest BCUT2D eigenvalue weighted by molar-refractivity contribution is 0.102. The zero-order valence-electron chi connectivity index (χ0n) is 22.3. The molecule has 0 bridgehead atoms. The van der Waals surface area contributed by atoms with Gasteiger partial charge in [-0.15, -0.1) is 0 Å². The number of methoxy groups -OCH3 is 1. The average Bonchev–Trinajstić information content (AvgIpc) is 3.24. The highest BCUT2D eigenvalue weighted by atomic mass is 16.5. The first kappa shape index (κ1) is 23.8. The fourth-order valence-electron chi connectivity index (χ4n) is 7.59. The Hall–Kier alpha value is -3.53. The number of aromatic hydroxyl groups is 1. The van der Waals surface area contributed by atoms with E-state index in [4.69, 9.17) is 9.47 Å². The van der Waals surface area contributed by atoms with E-state index < -0.39 is 0 Å². The minimum atomic E-state index is -0.208. The van der Waals surface area contributed by atoms with E-state index in [1.54, 1.807) is 19.2 Å². The molecule has 3 aliphatic rings. The summed E-state index contributed by atoms with van der Waals surface area (Å²) in [5.41, 5.74) is 7.45. The lowest BCUT2D eigenvalue weighted by Crippen LogP contribution is -2.44.